The summed E-state index contributed by atoms with van der Waals surface area (Å²) in [6.45, 7) is 4.21. The summed E-state index contributed by atoms with van der Waals surface area (Å²) in [6.07, 6.45) is 2.55. The van der Waals surface area contributed by atoms with Crippen LogP contribution in [-0.4, -0.2) is 26.4 Å². The molecule has 0 saturated heterocycles. The Morgan fingerprint density at radius 1 is 0.900 bits per heavy atom. The van der Waals surface area contributed by atoms with E-state index in [1.165, 1.54) is 0 Å². The molecule has 0 aromatic heterocycles. The molecule has 0 rings (SSSR count). The van der Waals surface area contributed by atoms with E-state index >= 15 is 0 Å². The van der Waals surface area contributed by atoms with E-state index in [2.05, 4.69) is 13.8 Å². The van der Waals surface area contributed by atoms with Crippen LogP contribution in [0.15, 0.2) is 0 Å². The Morgan fingerprint density at radius 2 is 1.20 bits per heavy atom. The molecule has 0 aromatic rings. The highest BCUT2D eigenvalue weighted by Gasteiger charge is 2.15. The van der Waals surface area contributed by atoms with Gasteiger partial charge in [0, 0.05) is 14.2 Å². The molecule has 0 amide bonds. The SMILES string of the molecule is CC[C@H](OC)[C@H](CC)OC. The van der Waals surface area contributed by atoms with E-state index in [4.69, 9.17) is 9.47 Å². The van der Waals surface area contributed by atoms with Crippen molar-refractivity contribution in [3.05, 3.63) is 0 Å². The van der Waals surface area contributed by atoms with Gasteiger partial charge in [0.1, 0.15) is 0 Å². The maximum Gasteiger partial charge on any atom is 0.0830 e. The monoisotopic (exact) mass is 146 g/mol. The van der Waals surface area contributed by atoms with Crippen LogP contribution in [0.2, 0.25) is 0 Å². The third-order valence-electron chi connectivity index (χ3n) is 1.82. The highest BCUT2D eigenvalue weighted by atomic mass is 16.5. The van der Waals surface area contributed by atoms with Gasteiger partial charge in [-0.25, -0.2) is 0 Å². The van der Waals surface area contributed by atoms with Crippen LogP contribution in [0.3, 0.4) is 0 Å². The van der Waals surface area contributed by atoms with E-state index in [1.54, 1.807) is 14.2 Å². The summed E-state index contributed by atoms with van der Waals surface area (Å²) >= 11 is 0. The summed E-state index contributed by atoms with van der Waals surface area (Å²) in [7, 11) is 3.46. The Labute approximate surface area is 63.5 Å². The van der Waals surface area contributed by atoms with Crippen LogP contribution in [0, 0.1) is 0 Å². The highest BCUT2D eigenvalue weighted by Crippen LogP contribution is 2.09. The summed E-state index contributed by atoms with van der Waals surface area (Å²) in [5.74, 6) is 0. The van der Waals surface area contributed by atoms with Gasteiger partial charge >= 0.3 is 0 Å². The molecule has 2 atom stereocenters. The average Bonchev–Trinajstić information content (AvgIpc) is 2.00. The number of hydrogen-bond donors (Lipinski definition) is 0. The van der Waals surface area contributed by atoms with Crippen molar-refractivity contribution in [2.75, 3.05) is 14.2 Å². The first-order valence-corrected chi connectivity index (χ1v) is 3.85. The van der Waals surface area contributed by atoms with Gasteiger partial charge in [-0.2, -0.15) is 0 Å². The lowest BCUT2D eigenvalue weighted by molar-refractivity contribution is -0.0385. The van der Waals surface area contributed by atoms with Gasteiger partial charge in [0.05, 0.1) is 12.2 Å². The standard InChI is InChI=1S/C8H18O2/c1-5-7(9-3)8(6-2)10-4/h7-8H,5-6H2,1-4H3/t7-,8-/m0/s1. The van der Waals surface area contributed by atoms with Crippen molar-refractivity contribution in [1.29, 1.82) is 0 Å². The predicted molar refractivity (Wildman–Crippen MR) is 42.2 cm³/mol. The van der Waals surface area contributed by atoms with Crippen LogP contribution in [0.1, 0.15) is 26.7 Å². The van der Waals surface area contributed by atoms with Gasteiger partial charge in [-0.15, -0.1) is 0 Å². The first kappa shape index (κ1) is 9.92. The van der Waals surface area contributed by atoms with Crippen LogP contribution < -0.4 is 0 Å². The van der Waals surface area contributed by atoms with E-state index in [9.17, 15) is 0 Å². The van der Waals surface area contributed by atoms with Crippen LogP contribution in [0.5, 0.6) is 0 Å². The quantitative estimate of drug-likeness (QED) is 0.589. The zero-order valence-corrected chi connectivity index (χ0v) is 7.39. The second kappa shape index (κ2) is 5.69. The molecular formula is C8H18O2. The predicted octanol–water partition coefficient (Wildman–Crippen LogP) is 1.84. The van der Waals surface area contributed by atoms with Crippen molar-refractivity contribution in [2.45, 2.75) is 38.9 Å². The molecule has 0 aromatic carbocycles. The van der Waals surface area contributed by atoms with Gasteiger partial charge in [-0.1, -0.05) is 13.8 Å². The fraction of sp³-hybridized carbons (Fsp3) is 1.00. The van der Waals surface area contributed by atoms with Crippen molar-refractivity contribution < 1.29 is 9.47 Å². The summed E-state index contributed by atoms with van der Waals surface area (Å²) < 4.78 is 10.4. The summed E-state index contributed by atoms with van der Waals surface area (Å²) in [5, 5.41) is 0. The molecule has 10 heavy (non-hydrogen) atoms. The lowest BCUT2D eigenvalue weighted by atomic mass is 10.1. The fourth-order valence-electron chi connectivity index (χ4n) is 1.16. The van der Waals surface area contributed by atoms with Gasteiger partial charge in [0.25, 0.3) is 0 Å². The van der Waals surface area contributed by atoms with Crippen molar-refractivity contribution in [3.8, 4) is 0 Å². The molecule has 62 valence electrons. The zero-order valence-electron chi connectivity index (χ0n) is 7.39. The van der Waals surface area contributed by atoms with Crippen LogP contribution in [0.4, 0.5) is 0 Å². The molecule has 0 aliphatic rings. The molecule has 0 heterocycles. The number of rotatable bonds is 5. The lowest BCUT2D eigenvalue weighted by Gasteiger charge is -2.21. The molecule has 0 unspecified atom stereocenters. The van der Waals surface area contributed by atoms with E-state index in [1.807, 2.05) is 0 Å². The molecule has 0 radical (unpaired) electrons. The molecule has 2 heteroatoms. The van der Waals surface area contributed by atoms with Gasteiger partial charge < -0.3 is 9.47 Å². The maximum atomic E-state index is 5.22. The first-order valence-electron chi connectivity index (χ1n) is 3.85. The minimum atomic E-state index is 0.259. The minimum absolute atomic E-state index is 0.259. The second-order valence-electron chi connectivity index (χ2n) is 2.36. The number of ether oxygens (including phenoxy) is 2. The molecule has 0 spiro atoms. The Hall–Kier alpha value is -0.0800. The van der Waals surface area contributed by atoms with Crippen molar-refractivity contribution >= 4 is 0 Å². The molecular weight excluding hydrogens is 128 g/mol. The highest BCUT2D eigenvalue weighted by molar-refractivity contribution is 4.66. The van der Waals surface area contributed by atoms with Gasteiger partial charge in [-0.05, 0) is 12.8 Å². The molecule has 0 fully saturated rings. The lowest BCUT2D eigenvalue weighted by Crippen LogP contribution is -2.28. The normalized spacial score (nSPS) is 16.8. The number of methoxy groups -OCH3 is 2. The number of hydrogen-bond acceptors (Lipinski definition) is 2. The van der Waals surface area contributed by atoms with Gasteiger partial charge in [-0.3, -0.25) is 0 Å². The van der Waals surface area contributed by atoms with Crippen molar-refractivity contribution in [3.63, 3.8) is 0 Å². The minimum Gasteiger partial charge on any atom is -0.379 e. The summed E-state index contributed by atoms with van der Waals surface area (Å²) in [5.41, 5.74) is 0. The molecule has 0 saturated carbocycles. The Balaban J connectivity index is 3.70. The topological polar surface area (TPSA) is 18.5 Å². The summed E-state index contributed by atoms with van der Waals surface area (Å²) in [6, 6.07) is 0. The third-order valence-corrected chi connectivity index (χ3v) is 1.82. The summed E-state index contributed by atoms with van der Waals surface area (Å²) in [4.78, 5) is 0. The second-order valence-corrected chi connectivity index (χ2v) is 2.36. The Kier molecular flexibility index (Phi) is 5.64. The van der Waals surface area contributed by atoms with E-state index in [0.29, 0.717) is 0 Å². The van der Waals surface area contributed by atoms with Crippen LogP contribution in [0.25, 0.3) is 0 Å². The van der Waals surface area contributed by atoms with E-state index in [-0.39, 0.29) is 12.2 Å². The first-order chi connectivity index (χ1) is 4.79. The van der Waals surface area contributed by atoms with E-state index < -0.39 is 0 Å². The molecule has 0 bridgehead atoms. The molecule has 0 aliphatic carbocycles. The maximum absolute atomic E-state index is 5.22. The van der Waals surface area contributed by atoms with Crippen LogP contribution >= 0.6 is 0 Å². The fourth-order valence-corrected chi connectivity index (χ4v) is 1.16. The Morgan fingerprint density at radius 3 is 1.30 bits per heavy atom. The largest absolute Gasteiger partial charge is 0.379 e. The zero-order chi connectivity index (χ0) is 7.98. The smallest absolute Gasteiger partial charge is 0.0830 e. The molecule has 0 N–H and O–H groups in total. The van der Waals surface area contributed by atoms with Gasteiger partial charge in [0.15, 0.2) is 0 Å². The van der Waals surface area contributed by atoms with E-state index in [0.717, 1.165) is 12.8 Å². The molecule has 2 nitrogen and oxygen atoms in total. The third kappa shape index (κ3) is 2.67. The average molecular weight is 146 g/mol. The molecule has 0 aliphatic heterocycles. The van der Waals surface area contributed by atoms with Crippen molar-refractivity contribution in [1.82, 2.24) is 0 Å². The van der Waals surface area contributed by atoms with Crippen LogP contribution in [-0.2, 0) is 9.47 Å². The Bertz CT molecular complexity index is 55.7. The van der Waals surface area contributed by atoms with Gasteiger partial charge in [0.2, 0.25) is 0 Å². The van der Waals surface area contributed by atoms with Crippen molar-refractivity contribution in [2.24, 2.45) is 0 Å².